The molecule has 0 saturated carbocycles. The highest BCUT2D eigenvalue weighted by molar-refractivity contribution is 5.72. The Labute approximate surface area is 201 Å². The Hall–Kier alpha value is -2.85. The lowest BCUT2D eigenvalue weighted by Gasteiger charge is -2.42. The standard InChI is InChI=1S/C27H35N3O4/c1-18-14-20(10-12-29(18)15-26(33)34-27(2,3)4)30-13-11-23-21(6-5-7-25(23)30)22-9-8-19(16-31)28-24(22)17-32/h5-7,18,20,22,28H,8-15H2,1-4H3/t18-,20-,22+/m0/s1. The second kappa shape index (κ2) is 9.79. The SMILES string of the molecule is C[C@H]1C[C@@H](N2CCc3c([C@H]4CCC(=C=O)NC4=C=O)cccc32)CCN1CC(=O)OC(C)(C)C. The largest absolute Gasteiger partial charge is 0.459 e. The van der Waals surface area contributed by atoms with Crippen molar-refractivity contribution in [2.75, 3.05) is 24.5 Å². The number of fused-ring (bicyclic) bond motifs is 1. The molecule has 0 amide bonds. The summed E-state index contributed by atoms with van der Waals surface area (Å²) in [5.41, 5.74) is 4.09. The number of allylic oxidation sites excluding steroid dienone is 2. The maximum atomic E-state index is 12.3. The van der Waals surface area contributed by atoms with Crippen LogP contribution >= 0.6 is 0 Å². The molecule has 7 heteroatoms. The predicted molar refractivity (Wildman–Crippen MR) is 131 cm³/mol. The first-order valence-electron chi connectivity index (χ1n) is 12.3. The fourth-order valence-electron chi connectivity index (χ4n) is 5.67. The highest BCUT2D eigenvalue weighted by atomic mass is 16.6. The molecule has 0 aromatic heterocycles. The maximum Gasteiger partial charge on any atom is 0.320 e. The number of hydrogen-bond acceptors (Lipinski definition) is 7. The number of nitrogens with one attached hydrogen (secondary N) is 1. The van der Waals surface area contributed by atoms with Crippen LogP contribution in [0, 0.1) is 0 Å². The molecule has 0 unspecified atom stereocenters. The fraction of sp³-hybridized carbons (Fsp3) is 0.593. The van der Waals surface area contributed by atoms with Gasteiger partial charge in [0.1, 0.15) is 28.9 Å². The molecule has 1 aromatic rings. The van der Waals surface area contributed by atoms with Crippen LogP contribution in [0.25, 0.3) is 0 Å². The van der Waals surface area contributed by atoms with E-state index in [4.69, 9.17) is 4.74 Å². The minimum Gasteiger partial charge on any atom is -0.459 e. The lowest BCUT2D eigenvalue weighted by atomic mass is 9.84. The number of benzene rings is 1. The van der Waals surface area contributed by atoms with E-state index in [1.54, 1.807) is 0 Å². The third-order valence-electron chi connectivity index (χ3n) is 7.20. The summed E-state index contributed by atoms with van der Waals surface area (Å²) in [6, 6.07) is 7.06. The van der Waals surface area contributed by atoms with Gasteiger partial charge in [-0.15, -0.1) is 0 Å². The Morgan fingerprint density at radius 1 is 1.15 bits per heavy atom. The van der Waals surface area contributed by atoms with Gasteiger partial charge in [0, 0.05) is 36.8 Å². The van der Waals surface area contributed by atoms with E-state index < -0.39 is 5.60 Å². The van der Waals surface area contributed by atoms with Crippen LogP contribution in [0.2, 0.25) is 0 Å². The predicted octanol–water partition coefficient (Wildman–Crippen LogP) is 3.14. The number of nitrogens with zero attached hydrogens (tertiary/aromatic N) is 2. The lowest BCUT2D eigenvalue weighted by molar-refractivity contribution is -0.157. The van der Waals surface area contributed by atoms with Crippen LogP contribution in [0.1, 0.15) is 70.4 Å². The molecule has 4 rings (SSSR count). The molecule has 34 heavy (non-hydrogen) atoms. The van der Waals surface area contributed by atoms with Crippen molar-refractivity contribution in [3.63, 3.8) is 0 Å². The van der Waals surface area contributed by atoms with Gasteiger partial charge in [0.15, 0.2) is 0 Å². The summed E-state index contributed by atoms with van der Waals surface area (Å²) in [7, 11) is 0. The molecule has 1 aromatic carbocycles. The topological polar surface area (TPSA) is 79.0 Å². The van der Waals surface area contributed by atoms with Crippen molar-refractivity contribution in [3.8, 4) is 0 Å². The number of rotatable bonds is 4. The monoisotopic (exact) mass is 465 g/mol. The third-order valence-corrected chi connectivity index (χ3v) is 7.20. The van der Waals surface area contributed by atoms with Crippen molar-refractivity contribution >= 4 is 23.5 Å². The molecule has 0 radical (unpaired) electrons. The summed E-state index contributed by atoms with van der Waals surface area (Å²) >= 11 is 0. The van der Waals surface area contributed by atoms with Gasteiger partial charge in [0.25, 0.3) is 0 Å². The van der Waals surface area contributed by atoms with Crippen LogP contribution in [0.5, 0.6) is 0 Å². The van der Waals surface area contributed by atoms with E-state index in [0.29, 0.717) is 42.9 Å². The van der Waals surface area contributed by atoms with Crippen LogP contribution in [0.15, 0.2) is 29.6 Å². The van der Waals surface area contributed by atoms with E-state index in [2.05, 4.69) is 40.2 Å². The molecule has 0 aliphatic carbocycles. The minimum atomic E-state index is -0.465. The van der Waals surface area contributed by atoms with Gasteiger partial charge in [0.05, 0.1) is 6.54 Å². The summed E-state index contributed by atoms with van der Waals surface area (Å²) < 4.78 is 5.52. The van der Waals surface area contributed by atoms with Gasteiger partial charge in [-0.25, -0.2) is 9.59 Å². The molecule has 3 atom stereocenters. The van der Waals surface area contributed by atoms with E-state index in [1.807, 2.05) is 32.7 Å². The molecule has 1 N–H and O–H groups in total. The second-order valence-electron chi connectivity index (χ2n) is 10.7. The van der Waals surface area contributed by atoms with Gasteiger partial charge in [-0.3, -0.25) is 9.69 Å². The molecular weight excluding hydrogens is 430 g/mol. The number of carbonyl (C=O) groups excluding carboxylic acids is 3. The van der Waals surface area contributed by atoms with E-state index in [-0.39, 0.29) is 11.9 Å². The molecule has 182 valence electrons. The van der Waals surface area contributed by atoms with Crippen LogP contribution in [0.3, 0.4) is 0 Å². The summed E-state index contributed by atoms with van der Waals surface area (Å²) in [6.45, 7) is 10.0. The Morgan fingerprint density at radius 3 is 2.62 bits per heavy atom. The number of piperidine rings is 2. The van der Waals surface area contributed by atoms with Gasteiger partial charge in [-0.2, -0.15) is 0 Å². The zero-order valence-corrected chi connectivity index (χ0v) is 20.6. The molecule has 7 nitrogen and oxygen atoms in total. The van der Waals surface area contributed by atoms with Crippen molar-refractivity contribution in [1.82, 2.24) is 10.2 Å². The first-order valence-corrected chi connectivity index (χ1v) is 12.3. The van der Waals surface area contributed by atoms with Gasteiger partial charge in [-0.05, 0) is 77.0 Å². The molecule has 3 heterocycles. The third kappa shape index (κ3) is 5.12. The first-order chi connectivity index (χ1) is 16.2. The van der Waals surface area contributed by atoms with Crippen LogP contribution < -0.4 is 10.2 Å². The highest BCUT2D eigenvalue weighted by Crippen LogP contribution is 2.41. The quantitative estimate of drug-likeness (QED) is 0.541. The summed E-state index contributed by atoms with van der Waals surface area (Å²) in [5, 5.41) is 2.94. The zero-order chi connectivity index (χ0) is 24.5. The summed E-state index contributed by atoms with van der Waals surface area (Å²) in [5.74, 6) is 3.67. The lowest BCUT2D eigenvalue weighted by Crippen LogP contribution is -2.50. The summed E-state index contributed by atoms with van der Waals surface area (Å²) in [6.07, 6.45) is 4.22. The van der Waals surface area contributed by atoms with Gasteiger partial charge >= 0.3 is 5.97 Å². The van der Waals surface area contributed by atoms with Crippen molar-refractivity contribution < 1.29 is 19.1 Å². The average molecular weight is 466 g/mol. The van der Waals surface area contributed by atoms with Crippen molar-refractivity contribution in [3.05, 3.63) is 40.7 Å². The number of anilines is 1. The van der Waals surface area contributed by atoms with E-state index in [0.717, 1.165) is 37.9 Å². The second-order valence-corrected chi connectivity index (χ2v) is 10.7. The van der Waals surface area contributed by atoms with Gasteiger partial charge in [-0.1, -0.05) is 12.1 Å². The smallest absolute Gasteiger partial charge is 0.320 e. The van der Waals surface area contributed by atoms with Crippen LogP contribution in [0.4, 0.5) is 5.69 Å². The number of esters is 1. The maximum absolute atomic E-state index is 12.3. The van der Waals surface area contributed by atoms with Crippen molar-refractivity contribution in [2.45, 2.75) is 83.4 Å². The summed E-state index contributed by atoms with van der Waals surface area (Å²) in [4.78, 5) is 39.7. The number of ether oxygens (including phenoxy) is 1. The molecule has 0 spiro atoms. The van der Waals surface area contributed by atoms with Crippen LogP contribution in [-0.2, 0) is 25.5 Å². The Kier molecular flexibility index (Phi) is 6.99. The molecule has 2 saturated heterocycles. The van der Waals surface area contributed by atoms with Crippen molar-refractivity contribution in [1.29, 1.82) is 0 Å². The van der Waals surface area contributed by atoms with Gasteiger partial charge in [0.2, 0.25) is 0 Å². The minimum absolute atomic E-state index is 0.0703. The Bertz CT molecular complexity index is 1050. The van der Waals surface area contributed by atoms with E-state index in [9.17, 15) is 14.4 Å². The number of carbonyl (C=O) groups is 1. The van der Waals surface area contributed by atoms with Crippen LogP contribution in [-0.4, -0.2) is 60.1 Å². The van der Waals surface area contributed by atoms with E-state index in [1.165, 1.54) is 11.3 Å². The number of hydrogen-bond donors (Lipinski definition) is 1. The normalized spacial score (nSPS) is 25.3. The molecule has 3 aliphatic heterocycles. The molecule has 0 bridgehead atoms. The molecular formula is C27H35N3O4. The Morgan fingerprint density at radius 2 is 1.94 bits per heavy atom. The fourth-order valence-corrected chi connectivity index (χ4v) is 5.67. The zero-order valence-electron chi connectivity index (χ0n) is 20.6. The van der Waals surface area contributed by atoms with Crippen molar-refractivity contribution in [2.24, 2.45) is 0 Å². The molecule has 3 aliphatic rings. The Balaban J connectivity index is 1.46. The van der Waals surface area contributed by atoms with Gasteiger partial charge < -0.3 is 15.0 Å². The highest BCUT2D eigenvalue weighted by Gasteiger charge is 2.36. The number of likely N-dealkylation sites (tertiary alicyclic amines) is 1. The first kappa shape index (κ1) is 24.3. The van der Waals surface area contributed by atoms with E-state index >= 15 is 0 Å². The molecule has 2 fully saturated rings. The average Bonchev–Trinajstić information content (AvgIpc) is 3.23.